The van der Waals surface area contributed by atoms with Crippen LogP contribution in [0.15, 0.2) is 120 Å². The number of benzene rings is 4. The number of aryl methyl sites for hydroxylation is 2. The average Bonchev–Trinajstić information content (AvgIpc) is 3.40. The summed E-state index contributed by atoms with van der Waals surface area (Å²) in [6.07, 6.45) is 19.8. The Bertz CT molecular complexity index is 2410. The lowest BCUT2D eigenvalue weighted by Crippen LogP contribution is -2.70. The zero-order valence-corrected chi connectivity index (χ0v) is 43.8. The van der Waals surface area contributed by atoms with Crippen LogP contribution in [-0.4, -0.2) is 65.2 Å². The summed E-state index contributed by atoms with van der Waals surface area (Å²) in [5.41, 5.74) is 6.54. The maximum absolute atomic E-state index is 15.1. The van der Waals surface area contributed by atoms with Crippen molar-refractivity contribution in [3.63, 3.8) is 0 Å². The fourth-order valence-electron chi connectivity index (χ4n) is 11.3. The minimum atomic E-state index is -1.51. The molecule has 7 rings (SSSR count). The van der Waals surface area contributed by atoms with Gasteiger partial charge in [0.25, 0.3) is 0 Å². The molecule has 2 aliphatic carbocycles. The van der Waals surface area contributed by atoms with Gasteiger partial charge in [0.15, 0.2) is 0 Å². The van der Waals surface area contributed by atoms with Gasteiger partial charge in [-0.25, -0.2) is 9.18 Å². The van der Waals surface area contributed by atoms with Crippen molar-refractivity contribution in [2.75, 3.05) is 26.4 Å². The summed E-state index contributed by atoms with van der Waals surface area (Å²) in [7, 11) is 0. The van der Waals surface area contributed by atoms with E-state index in [-0.39, 0.29) is 69.6 Å². The molecule has 394 valence electrons. The van der Waals surface area contributed by atoms with E-state index in [0.29, 0.717) is 35.6 Å². The Hall–Kier alpha value is -5.49. The van der Waals surface area contributed by atoms with Crippen molar-refractivity contribution in [2.45, 2.75) is 161 Å². The van der Waals surface area contributed by atoms with E-state index in [1.54, 1.807) is 23.1 Å². The van der Waals surface area contributed by atoms with Gasteiger partial charge in [0.1, 0.15) is 35.7 Å². The number of oxime groups is 1. The quantitative estimate of drug-likeness (QED) is 0.0301. The molecule has 0 saturated heterocycles. The summed E-state index contributed by atoms with van der Waals surface area (Å²) in [6.45, 7) is 11.3. The monoisotopic (exact) mass is 1000 g/mol. The van der Waals surface area contributed by atoms with E-state index in [1.807, 2.05) is 54.6 Å². The number of rotatable bonds is 30. The summed E-state index contributed by atoms with van der Waals surface area (Å²) in [5, 5.41) is 25.2. The molecule has 1 heterocycles. The van der Waals surface area contributed by atoms with Crippen molar-refractivity contribution in [3.05, 3.63) is 149 Å². The second kappa shape index (κ2) is 28.3. The van der Waals surface area contributed by atoms with Gasteiger partial charge in [0, 0.05) is 37.7 Å². The number of hydrogen-bond donors (Lipinski definition) is 2. The second-order valence-corrected chi connectivity index (χ2v) is 20.4. The maximum Gasteiger partial charge on any atom is 0.410 e. The SMILES string of the molecule is C=CCO[C@@]12Oc3ccc(Oc4ccc(C)c(C)c4)cc3[C@H]3[C@H](CCCCO)[C@@H](CCCCO)C=C(C(=NOCc4ccccc4)C[C@@H]1N(Cc1ccc(F)cc1)C(=O)OCCCCCCCCCCCC)[C@H]32. The number of unbranched alkanes of at least 4 members (excludes halogenated alkanes) is 11. The van der Waals surface area contributed by atoms with Crippen LogP contribution in [0.25, 0.3) is 0 Å². The zero-order chi connectivity index (χ0) is 51.4. The Morgan fingerprint density at radius 3 is 2.19 bits per heavy atom. The van der Waals surface area contributed by atoms with E-state index < -0.39 is 23.8 Å². The molecule has 10 nitrogen and oxygen atoms in total. The number of carbonyl (C=O) groups is 1. The molecule has 1 aliphatic heterocycles. The third-order valence-corrected chi connectivity index (χ3v) is 15.2. The lowest BCUT2D eigenvalue weighted by molar-refractivity contribution is -0.256. The molecule has 1 saturated carbocycles. The molecule has 6 atom stereocenters. The highest BCUT2D eigenvalue weighted by molar-refractivity contribution is 6.03. The zero-order valence-electron chi connectivity index (χ0n) is 43.8. The lowest BCUT2D eigenvalue weighted by atomic mass is 9.55. The number of nitrogens with zero attached hydrogens (tertiary/aromatic N) is 2. The molecule has 4 aromatic rings. The number of hydrogen-bond acceptors (Lipinski definition) is 9. The Kier molecular flexibility index (Phi) is 21.4. The smallest absolute Gasteiger partial charge is 0.410 e. The Balaban J connectivity index is 1.34. The van der Waals surface area contributed by atoms with Crippen LogP contribution in [0.1, 0.15) is 150 Å². The molecular formula is C62H81FN2O8. The van der Waals surface area contributed by atoms with Crippen LogP contribution in [0.3, 0.4) is 0 Å². The van der Waals surface area contributed by atoms with Gasteiger partial charge in [-0.15, -0.1) is 6.58 Å². The van der Waals surface area contributed by atoms with Crippen LogP contribution in [0.4, 0.5) is 9.18 Å². The summed E-state index contributed by atoms with van der Waals surface area (Å²) in [6, 6.07) is 27.4. The number of ether oxygens (including phenoxy) is 4. The van der Waals surface area contributed by atoms with Crippen LogP contribution in [-0.2, 0) is 27.5 Å². The molecule has 0 radical (unpaired) electrons. The molecular weight excluding hydrogens is 920 g/mol. The average molecular weight is 1000 g/mol. The molecule has 1 amide bonds. The van der Waals surface area contributed by atoms with Gasteiger partial charge in [-0.1, -0.05) is 143 Å². The fourth-order valence-corrected chi connectivity index (χ4v) is 11.3. The lowest BCUT2D eigenvalue weighted by Gasteiger charge is -2.59. The van der Waals surface area contributed by atoms with Crippen molar-refractivity contribution in [1.82, 2.24) is 4.90 Å². The van der Waals surface area contributed by atoms with E-state index in [4.69, 9.17) is 28.9 Å². The van der Waals surface area contributed by atoms with E-state index in [9.17, 15) is 14.6 Å². The number of fused-ring (bicyclic) bond motifs is 2. The summed E-state index contributed by atoms with van der Waals surface area (Å²) < 4.78 is 42.2. The van der Waals surface area contributed by atoms with Crippen molar-refractivity contribution < 1.29 is 43.2 Å². The minimum absolute atomic E-state index is 0.0179. The third kappa shape index (κ3) is 14.6. The molecule has 0 aromatic heterocycles. The van der Waals surface area contributed by atoms with Crippen LogP contribution < -0.4 is 9.47 Å². The summed E-state index contributed by atoms with van der Waals surface area (Å²) >= 11 is 0. The molecule has 73 heavy (non-hydrogen) atoms. The number of allylic oxidation sites excluding steroid dienone is 1. The highest BCUT2D eigenvalue weighted by Crippen LogP contribution is 2.62. The van der Waals surface area contributed by atoms with Gasteiger partial charge in [0.2, 0.25) is 5.79 Å². The number of halogens is 1. The first-order chi connectivity index (χ1) is 35.7. The minimum Gasteiger partial charge on any atom is -0.459 e. The molecule has 0 bridgehead atoms. The first-order valence-corrected chi connectivity index (χ1v) is 27.4. The van der Waals surface area contributed by atoms with Crippen LogP contribution >= 0.6 is 0 Å². The van der Waals surface area contributed by atoms with E-state index >= 15 is 4.79 Å². The largest absolute Gasteiger partial charge is 0.459 e. The molecule has 1 fully saturated rings. The van der Waals surface area contributed by atoms with Crippen molar-refractivity contribution in [2.24, 2.45) is 22.9 Å². The topological polar surface area (TPSA) is 119 Å². The van der Waals surface area contributed by atoms with Crippen LogP contribution in [0.5, 0.6) is 17.2 Å². The number of aliphatic hydroxyl groups excluding tert-OH is 2. The molecule has 11 heteroatoms. The number of aliphatic hydroxyl groups is 2. The first kappa shape index (κ1) is 55.3. The predicted molar refractivity (Wildman–Crippen MR) is 287 cm³/mol. The normalized spacial score (nSPS) is 21.4. The Labute approximate surface area is 434 Å². The third-order valence-electron chi connectivity index (χ3n) is 15.2. The molecule has 0 unspecified atom stereocenters. The highest BCUT2D eigenvalue weighted by atomic mass is 19.1. The van der Waals surface area contributed by atoms with Gasteiger partial charge >= 0.3 is 6.09 Å². The van der Waals surface area contributed by atoms with Gasteiger partial charge in [-0.2, -0.15) is 0 Å². The predicted octanol–water partition coefficient (Wildman–Crippen LogP) is 14.6. The standard InChI is InChI=1S/C62H81FN2O8/c1-5-7-8-9-10-11-12-13-14-22-38-69-61(68)65(43-47-28-30-50(63)31-29-47)58-42-56(64-71-44-48-23-16-15-17-24-48)54-40-49(25-18-20-35-66)53(26-19-21-36-67)59-55-41-52(72-51-32-27-45(3)46(4)39-51)33-34-57(55)73-62(58,60(54)59)70-37-6-2/h6,15-17,23-24,27-34,39-41,49,53,58-60,66-67H,2,5,7-14,18-22,25-26,35-38,42-44H2,1,3-4H3/t49-,53+,58-,59+,60+,62+/m0/s1. The molecule has 2 N–H and O–H groups in total. The maximum atomic E-state index is 15.1. The first-order valence-electron chi connectivity index (χ1n) is 27.4. The van der Waals surface area contributed by atoms with Crippen LogP contribution in [0.2, 0.25) is 0 Å². The Morgan fingerprint density at radius 1 is 0.808 bits per heavy atom. The Morgan fingerprint density at radius 2 is 1.49 bits per heavy atom. The van der Waals surface area contributed by atoms with Crippen LogP contribution in [0, 0.1) is 37.4 Å². The molecule has 4 aromatic carbocycles. The van der Waals surface area contributed by atoms with Gasteiger partial charge < -0.3 is 34.0 Å². The van der Waals surface area contributed by atoms with Gasteiger partial charge in [-0.3, -0.25) is 4.90 Å². The van der Waals surface area contributed by atoms with Gasteiger partial charge in [0.05, 0.1) is 24.8 Å². The second-order valence-electron chi connectivity index (χ2n) is 20.4. The summed E-state index contributed by atoms with van der Waals surface area (Å²) in [4.78, 5) is 23.1. The fraction of sp³-hybridized carbons (Fsp3) is 0.516. The molecule has 3 aliphatic rings. The summed E-state index contributed by atoms with van der Waals surface area (Å²) in [5.74, 6) is -0.602. The van der Waals surface area contributed by atoms with E-state index in [2.05, 4.69) is 45.6 Å². The highest BCUT2D eigenvalue weighted by Gasteiger charge is 2.65. The van der Waals surface area contributed by atoms with Crippen molar-refractivity contribution in [3.8, 4) is 17.2 Å². The number of amides is 1. The van der Waals surface area contributed by atoms with Crippen molar-refractivity contribution >= 4 is 11.8 Å². The van der Waals surface area contributed by atoms with E-state index in [1.165, 1.54) is 56.2 Å². The van der Waals surface area contributed by atoms with Crippen molar-refractivity contribution in [1.29, 1.82) is 0 Å². The van der Waals surface area contributed by atoms with E-state index in [0.717, 1.165) is 79.4 Å². The molecule has 0 spiro atoms. The number of carbonyl (C=O) groups excluding carboxylic acids is 1. The van der Waals surface area contributed by atoms with Gasteiger partial charge in [-0.05, 0) is 128 Å².